The van der Waals surface area contributed by atoms with Crippen LogP contribution < -0.4 is 6.54 Å². The Hall–Kier alpha value is -1.73. The van der Waals surface area contributed by atoms with Crippen LogP contribution in [-0.4, -0.2) is 9.51 Å². The Morgan fingerprint density at radius 2 is 1.06 bits per heavy atom. The number of rotatable bonds is 4. The van der Waals surface area contributed by atoms with Crippen LogP contribution in [0.2, 0.25) is 13.1 Å². The van der Waals surface area contributed by atoms with E-state index in [0.717, 1.165) is 16.4 Å². The monoisotopic (exact) mass is 528 g/mol. The minimum atomic E-state index is -3.11. The van der Waals surface area contributed by atoms with Crippen LogP contribution in [-0.2, 0) is 32.3 Å². The summed E-state index contributed by atoms with van der Waals surface area (Å²) in [5.74, 6) is -1.06. The molecule has 0 bridgehead atoms. The molecule has 4 aromatic carbocycles. The van der Waals surface area contributed by atoms with E-state index in [9.17, 15) is 0 Å². The van der Waals surface area contributed by atoms with E-state index in [-0.39, 0.29) is 0 Å². The molecule has 4 aromatic rings. The summed E-state index contributed by atoms with van der Waals surface area (Å²) in [6.45, 7) is 5.14. The number of benzene rings is 4. The normalized spacial score (nSPS) is 13.6. The van der Waals surface area contributed by atoms with Crippen LogP contribution in [0.4, 0.5) is 0 Å². The van der Waals surface area contributed by atoms with Gasteiger partial charge in [-0.3, -0.25) is 0 Å². The molecule has 0 saturated carbocycles. The van der Waals surface area contributed by atoms with Crippen molar-refractivity contribution >= 4 is 24.1 Å². The van der Waals surface area contributed by atoms with E-state index >= 15 is 0 Å². The summed E-state index contributed by atoms with van der Waals surface area (Å²) in [5.41, 5.74) is 11.9. The molecule has 0 amide bonds. The molecule has 0 N–H and O–H groups in total. The van der Waals surface area contributed by atoms with Crippen molar-refractivity contribution in [3.05, 3.63) is 107 Å². The molecular weight excluding hydrogens is 503 g/mol. The number of alkyl halides is 1. The fraction of sp³-hybridized carbons (Fsp3) is 0.172. The summed E-state index contributed by atoms with van der Waals surface area (Å²) >= 11 is 4.04. The van der Waals surface area contributed by atoms with Gasteiger partial charge in [-0.2, -0.15) is 0 Å². The molecule has 2 aliphatic carbocycles. The molecule has 0 spiro atoms. The molecule has 0 nitrogen and oxygen atoms in total. The average Bonchev–Trinajstić information content (AvgIpc) is 3.39. The molecular formula is C29H27ClSiZr. The van der Waals surface area contributed by atoms with Gasteiger partial charge in [0.15, 0.2) is 0 Å². The van der Waals surface area contributed by atoms with E-state index in [0.29, 0.717) is 0 Å². The summed E-state index contributed by atoms with van der Waals surface area (Å²) in [6.07, 6.45) is 2.13. The molecule has 0 aromatic heterocycles. The molecule has 0 heterocycles. The van der Waals surface area contributed by atoms with E-state index in [1.807, 2.05) is 0 Å². The standard InChI is InChI=1S/2C13H9.C2H7Si.CH2Cl.Zr/c2*1-3-7-12-10(5-1)9-11-6-2-4-8-13(11)12;1-3-2;1-2;/h2*1-5,7-8H,9H2;3H,1-2H3;1H2;. The Balaban J connectivity index is 1.61. The molecule has 32 heavy (non-hydrogen) atoms. The van der Waals surface area contributed by atoms with Gasteiger partial charge >= 0.3 is 202 Å². The van der Waals surface area contributed by atoms with Crippen LogP contribution in [0.3, 0.4) is 0 Å². The summed E-state index contributed by atoms with van der Waals surface area (Å²) in [7, 11) is 0. The van der Waals surface area contributed by atoms with E-state index in [1.54, 1.807) is 17.7 Å². The maximum absolute atomic E-state index is 7.14. The molecule has 0 aliphatic heterocycles. The van der Waals surface area contributed by atoms with E-state index < -0.39 is 25.4 Å². The average molecular weight is 530 g/mol. The Kier molecular flexibility index (Phi) is 5.17. The van der Waals surface area contributed by atoms with Gasteiger partial charge in [0.25, 0.3) is 0 Å². The fourth-order valence-electron chi connectivity index (χ4n) is 6.22. The molecule has 0 atom stereocenters. The predicted molar refractivity (Wildman–Crippen MR) is 138 cm³/mol. The minimum absolute atomic E-state index is 0.845. The van der Waals surface area contributed by atoms with Crippen LogP contribution in [0.25, 0.3) is 22.3 Å². The first-order valence-corrected chi connectivity index (χ1v) is 23.5. The second kappa shape index (κ2) is 7.94. The van der Waals surface area contributed by atoms with Crippen molar-refractivity contribution in [3.63, 3.8) is 0 Å². The fourth-order valence-corrected chi connectivity index (χ4v) is 36.7. The van der Waals surface area contributed by atoms with Crippen molar-refractivity contribution in [2.75, 3.05) is 3.59 Å². The van der Waals surface area contributed by atoms with Gasteiger partial charge in [-0.25, -0.2) is 0 Å². The van der Waals surface area contributed by atoms with Gasteiger partial charge in [-0.1, -0.05) is 0 Å². The van der Waals surface area contributed by atoms with Crippen LogP contribution in [0, 0.1) is 0 Å². The van der Waals surface area contributed by atoms with Gasteiger partial charge in [-0.05, 0) is 0 Å². The molecule has 6 rings (SSSR count). The van der Waals surface area contributed by atoms with E-state index in [1.165, 1.54) is 33.4 Å². The molecule has 0 radical (unpaired) electrons. The quantitative estimate of drug-likeness (QED) is 0.191. The zero-order valence-electron chi connectivity index (χ0n) is 18.7. The van der Waals surface area contributed by atoms with Crippen molar-refractivity contribution < 1.29 is 19.4 Å². The zero-order valence-corrected chi connectivity index (χ0v) is 23.0. The van der Waals surface area contributed by atoms with Gasteiger partial charge < -0.3 is 0 Å². The number of hydrogen-bond donors (Lipinski definition) is 0. The molecule has 0 unspecified atom stereocenters. The Labute approximate surface area is 201 Å². The number of halogens is 1. The van der Waals surface area contributed by atoms with E-state index in [2.05, 4.69) is 98.0 Å². The van der Waals surface area contributed by atoms with Crippen molar-refractivity contribution in [1.82, 2.24) is 0 Å². The predicted octanol–water partition coefficient (Wildman–Crippen LogP) is 6.11. The van der Waals surface area contributed by atoms with Gasteiger partial charge in [0.2, 0.25) is 0 Å². The molecule has 3 heteroatoms. The third kappa shape index (κ3) is 2.89. The van der Waals surface area contributed by atoms with Crippen LogP contribution in [0.15, 0.2) is 84.9 Å². The second-order valence-electron chi connectivity index (χ2n) is 9.59. The second-order valence-corrected chi connectivity index (χ2v) is 35.9. The van der Waals surface area contributed by atoms with Gasteiger partial charge in [0, 0.05) is 0 Å². The molecule has 0 fully saturated rings. The van der Waals surface area contributed by atoms with Crippen molar-refractivity contribution in [2.24, 2.45) is 0 Å². The van der Waals surface area contributed by atoms with Crippen LogP contribution in [0.1, 0.15) is 22.3 Å². The first kappa shape index (κ1) is 20.8. The Morgan fingerprint density at radius 1 is 0.625 bits per heavy atom. The Morgan fingerprint density at radius 3 is 1.50 bits per heavy atom. The summed E-state index contributed by atoms with van der Waals surface area (Å²) in [6, 6.07) is 32.2. The molecule has 0 saturated heterocycles. The van der Waals surface area contributed by atoms with Gasteiger partial charge in [0.1, 0.15) is 0 Å². The number of hydrogen-bond acceptors (Lipinski definition) is 0. The third-order valence-electron chi connectivity index (χ3n) is 7.86. The van der Waals surface area contributed by atoms with Gasteiger partial charge in [0.05, 0.1) is 0 Å². The molecule has 158 valence electrons. The number of fused-ring (bicyclic) bond motifs is 6. The summed E-state index contributed by atoms with van der Waals surface area (Å²) < 4.78 is 4.20. The molecule has 2 aliphatic rings. The van der Waals surface area contributed by atoms with Crippen molar-refractivity contribution in [3.8, 4) is 22.3 Å². The zero-order chi connectivity index (χ0) is 21.9. The first-order chi connectivity index (χ1) is 15.6. The summed E-state index contributed by atoms with van der Waals surface area (Å²) in [4.78, 5) is 0. The van der Waals surface area contributed by atoms with Crippen LogP contribution >= 0.6 is 11.6 Å². The third-order valence-corrected chi connectivity index (χ3v) is 41.3. The van der Waals surface area contributed by atoms with Gasteiger partial charge in [-0.15, -0.1) is 0 Å². The topological polar surface area (TPSA) is 0 Å². The van der Waals surface area contributed by atoms with Crippen molar-refractivity contribution in [2.45, 2.75) is 25.9 Å². The first-order valence-electron chi connectivity index (χ1n) is 11.6. The SMILES string of the molecule is C[SiH](C)[Zr]([CH2]Cl)([c]1cccc2c1Cc1ccccc1-2)[c]1cccc2c1Cc1ccccc1-2. The Bertz CT molecular complexity index is 1260. The van der Waals surface area contributed by atoms with Crippen molar-refractivity contribution in [1.29, 1.82) is 0 Å². The maximum atomic E-state index is 7.14. The summed E-state index contributed by atoms with van der Waals surface area (Å²) in [5, 5.41) is 0. The van der Waals surface area contributed by atoms with E-state index in [4.69, 9.17) is 11.6 Å². The van der Waals surface area contributed by atoms with Crippen LogP contribution in [0.5, 0.6) is 0 Å².